The maximum absolute atomic E-state index is 11.3. The molecule has 0 aliphatic carbocycles. The molecule has 0 aliphatic rings. The summed E-state index contributed by atoms with van der Waals surface area (Å²) < 4.78 is 22.0. The van der Waals surface area contributed by atoms with Crippen LogP contribution in [0.1, 0.15) is 16.8 Å². The molecule has 0 spiro atoms. The summed E-state index contributed by atoms with van der Waals surface area (Å²) in [5.41, 5.74) is 10.9. The van der Waals surface area contributed by atoms with Crippen LogP contribution in [-0.2, 0) is 34.7 Å². The number of benzene rings is 2. The average Bonchev–Trinajstić information content (AvgIpc) is 2.86. The zero-order valence-corrected chi connectivity index (χ0v) is 15.1. The molecule has 0 aliphatic heterocycles. The smallest absolute Gasteiger partial charge is 0.323 e. The lowest BCUT2D eigenvalue weighted by molar-refractivity contribution is -0.137. The second-order valence-corrected chi connectivity index (χ2v) is 7.09. The highest BCUT2D eigenvalue weighted by atomic mass is 32.2. The fraction of sp³-hybridized carbons (Fsp3) is 0.211. The van der Waals surface area contributed by atoms with E-state index in [-0.39, 0.29) is 12.3 Å². The van der Waals surface area contributed by atoms with Crippen LogP contribution in [0.5, 0.6) is 0 Å². The predicted octanol–water partition coefficient (Wildman–Crippen LogP) is 2.88. The van der Waals surface area contributed by atoms with Gasteiger partial charge in [-0.3, -0.25) is 4.79 Å². The molecular weight excluding hydrogens is 352 g/mol. The van der Waals surface area contributed by atoms with E-state index < -0.39 is 17.0 Å². The highest BCUT2D eigenvalue weighted by Gasteiger charge is 2.18. The van der Waals surface area contributed by atoms with Crippen molar-refractivity contribution >= 4 is 28.0 Å². The van der Waals surface area contributed by atoms with E-state index in [9.17, 15) is 14.1 Å². The fourth-order valence-electron chi connectivity index (χ4n) is 3.27. The van der Waals surface area contributed by atoms with E-state index in [2.05, 4.69) is 0 Å². The van der Waals surface area contributed by atoms with E-state index in [1.165, 1.54) is 0 Å². The van der Waals surface area contributed by atoms with E-state index in [0.29, 0.717) is 12.1 Å². The van der Waals surface area contributed by atoms with E-state index in [0.717, 1.165) is 33.3 Å². The van der Waals surface area contributed by atoms with Gasteiger partial charge in [0.2, 0.25) is 0 Å². The van der Waals surface area contributed by atoms with Crippen molar-refractivity contribution in [3.8, 4) is 11.1 Å². The second kappa shape index (κ2) is 7.41. The average molecular weight is 372 g/mol. The highest BCUT2D eigenvalue weighted by molar-refractivity contribution is 7.78. The van der Waals surface area contributed by atoms with Gasteiger partial charge in [0.05, 0.1) is 5.75 Å². The summed E-state index contributed by atoms with van der Waals surface area (Å²) in [6.45, 7) is 2.18. The van der Waals surface area contributed by atoms with Gasteiger partial charge in [-0.25, -0.2) is 4.21 Å². The van der Waals surface area contributed by atoms with E-state index in [1.54, 1.807) is 16.7 Å². The summed E-state index contributed by atoms with van der Waals surface area (Å²) in [7, 11) is 0. The van der Waals surface area contributed by atoms with Gasteiger partial charge in [0.15, 0.2) is 11.1 Å². The number of rotatable bonds is 6. The minimum Gasteiger partial charge on any atom is -0.480 e. The molecule has 6 nitrogen and oxygen atoms in total. The Morgan fingerprint density at radius 1 is 1.15 bits per heavy atom. The summed E-state index contributed by atoms with van der Waals surface area (Å²) in [5, 5.41) is 10.2. The number of hydrogen-bond donors (Lipinski definition) is 3. The second-order valence-electron chi connectivity index (χ2n) is 6.16. The molecular formula is C19H20N2O4S. The Bertz CT molecular complexity index is 993. The SMILES string of the molecule is Cc1c(-c2ccc(CN)cc2)c2ccc(CS(=O)O)cc2n1CC(=O)O. The van der Waals surface area contributed by atoms with E-state index in [1.807, 2.05) is 37.3 Å². The molecule has 1 heterocycles. The maximum atomic E-state index is 11.3. The monoisotopic (exact) mass is 372 g/mol. The fourth-order valence-corrected chi connectivity index (χ4v) is 3.73. The predicted molar refractivity (Wildman–Crippen MR) is 102 cm³/mol. The van der Waals surface area contributed by atoms with Gasteiger partial charge in [0.1, 0.15) is 6.54 Å². The molecule has 4 N–H and O–H groups in total. The number of carboxylic acid groups (broad SMARTS) is 1. The third kappa shape index (κ3) is 3.55. The minimum absolute atomic E-state index is 0.00771. The molecule has 0 bridgehead atoms. The van der Waals surface area contributed by atoms with Crippen LogP contribution in [0.3, 0.4) is 0 Å². The zero-order chi connectivity index (χ0) is 18.8. The van der Waals surface area contributed by atoms with E-state index in [4.69, 9.17) is 10.3 Å². The van der Waals surface area contributed by atoms with Gasteiger partial charge in [-0.15, -0.1) is 0 Å². The van der Waals surface area contributed by atoms with Crippen molar-refractivity contribution in [3.63, 3.8) is 0 Å². The van der Waals surface area contributed by atoms with Crippen molar-refractivity contribution in [2.45, 2.75) is 25.8 Å². The maximum Gasteiger partial charge on any atom is 0.323 e. The zero-order valence-electron chi connectivity index (χ0n) is 14.3. The molecule has 0 saturated carbocycles. The van der Waals surface area contributed by atoms with Crippen molar-refractivity contribution in [1.82, 2.24) is 4.57 Å². The van der Waals surface area contributed by atoms with Gasteiger partial charge >= 0.3 is 5.97 Å². The van der Waals surface area contributed by atoms with Gasteiger partial charge in [0.25, 0.3) is 0 Å². The number of nitrogens with two attached hydrogens (primary N) is 1. The first-order valence-electron chi connectivity index (χ1n) is 8.11. The van der Waals surface area contributed by atoms with Crippen LogP contribution < -0.4 is 5.73 Å². The van der Waals surface area contributed by atoms with Crippen LogP contribution in [0.15, 0.2) is 42.5 Å². The third-order valence-corrected chi connectivity index (χ3v) is 5.03. The number of aromatic nitrogens is 1. The molecule has 3 aromatic rings. The molecule has 136 valence electrons. The molecule has 1 aromatic heterocycles. The Labute approximate surface area is 153 Å². The topological polar surface area (TPSA) is 106 Å². The van der Waals surface area contributed by atoms with Gasteiger partial charge in [0, 0.05) is 28.7 Å². The molecule has 0 radical (unpaired) electrons. The van der Waals surface area contributed by atoms with Crippen LogP contribution in [0, 0.1) is 6.92 Å². The molecule has 7 heteroatoms. The molecule has 1 atom stereocenters. The Hall–Kier alpha value is -2.48. The largest absolute Gasteiger partial charge is 0.480 e. The van der Waals surface area contributed by atoms with Crippen molar-refractivity contribution in [1.29, 1.82) is 0 Å². The standard InChI is InChI=1S/C19H20N2O4S/c1-12-19(15-5-2-13(9-20)3-6-15)16-7-4-14(11-26(24)25)8-17(16)21(12)10-18(22)23/h2-8H,9-11,20H2,1H3,(H,22,23)(H,24,25). The van der Waals surface area contributed by atoms with Gasteiger partial charge < -0.3 is 20.0 Å². The lowest BCUT2D eigenvalue weighted by atomic mass is 10.0. The number of carboxylic acids is 1. The Morgan fingerprint density at radius 2 is 1.81 bits per heavy atom. The lowest BCUT2D eigenvalue weighted by Gasteiger charge is -2.06. The molecule has 26 heavy (non-hydrogen) atoms. The summed E-state index contributed by atoms with van der Waals surface area (Å²) in [4.78, 5) is 11.3. The van der Waals surface area contributed by atoms with Crippen molar-refractivity contribution in [3.05, 3.63) is 59.3 Å². The first kappa shape index (κ1) is 18.3. The van der Waals surface area contributed by atoms with Gasteiger partial charge in [-0.2, -0.15) is 0 Å². The minimum atomic E-state index is -1.95. The number of aliphatic carboxylic acids is 1. The third-order valence-electron chi connectivity index (χ3n) is 4.45. The molecule has 2 aromatic carbocycles. The van der Waals surface area contributed by atoms with Crippen LogP contribution in [0.2, 0.25) is 0 Å². The summed E-state index contributed by atoms with van der Waals surface area (Å²) in [5.74, 6) is -0.931. The quantitative estimate of drug-likeness (QED) is 0.577. The number of hydrogen-bond acceptors (Lipinski definition) is 3. The van der Waals surface area contributed by atoms with Crippen LogP contribution in [-0.4, -0.2) is 24.4 Å². The summed E-state index contributed by atoms with van der Waals surface area (Å²) >= 11 is -1.95. The summed E-state index contributed by atoms with van der Waals surface area (Å²) in [6, 6.07) is 13.3. The van der Waals surface area contributed by atoms with E-state index >= 15 is 0 Å². The van der Waals surface area contributed by atoms with Crippen molar-refractivity contribution in [2.75, 3.05) is 0 Å². The Balaban J connectivity index is 2.22. The Morgan fingerprint density at radius 3 is 2.38 bits per heavy atom. The van der Waals surface area contributed by atoms with Crippen molar-refractivity contribution in [2.24, 2.45) is 5.73 Å². The van der Waals surface area contributed by atoms with Gasteiger partial charge in [-0.1, -0.05) is 36.4 Å². The van der Waals surface area contributed by atoms with Gasteiger partial charge in [-0.05, 0) is 29.7 Å². The Kier molecular flexibility index (Phi) is 5.22. The molecule has 1 unspecified atom stereocenters. The van der Waals surface area contributed by atoms with Crippen LogP contribution in [0.25, 0.3) is 22.0 Å². The first-order chi connectivity index (χ1) is 12.4. The molecule has 0 saturated heterocycles. The first-order valence-corrected chi connectivity index (χ1v) is 9.38. The molecule has 3 rings (SSSR count). The molecule has 0 amide bonds. The van der Waals surface area contributed by atoms with Crippen molar-refractivity contribution < 1.29 is 18.7 Å². The van der Waals surface area contributed by atoms with Crippen LogP contribution >= 0.6 is 0 Å². The summed E-state index contributed by atoms with van der Waals surface area (Å²) in [6.07, 6.45) is 0. The van der Waals surface area contributed by atoms with Crippen LogP contribution in [0.4, 0.5) is 0 Å². The molecule has 0 fully saturated rings. The lowest BCUT2D eigenvalue weighted by Crippen LogP contribution is -2.10. The number of carbonyl (C=O) groups is 1. The number of nitrogens with zero attached hydrogens (tertiary/aromatic N) is 1. The number of fused-ring (bicyclic) bond motifs is 1. The highest BCUT2D eigenvalue weighted by Crippen LogP contribution is 2.35. The normalized spacial score (nSPS) is 12.4.